The van der Waals surface area contributed by atoms with Crippen LogP contribution < -0.4 is 5.32 Å². The normalized spacial score (nSPS) is 21.1. The molecule has 18 heavy (non-hydrogen) atoms. The first-order valence-electron chi connectivity index (χ1n) is 6.69. The van der Waals surface area contributed by atoms with E-state index in [9.17, 15) is 0 Å². The molecule has 0 aliphatic heterocycles. The summed E-state index contributed by atoms with van der Waals surface area (Å²) in [4.78, 5) is 4.48. The van der Waals surface area contributed by atoms with Gasteiger partial charge in [0, 0.05) is 18.1 Å². The highest BCUT2D eigenvalue weighted by atomic mass is 14.9. The van der Waals surface area contributed by atoms with Gasteiger partial charge in [-0.3, -0.25) is 4.98 Å². The Labute approximate surface area is 108 Å². The molecular formula is C16H20N2. The molecule has 1 atom stereocenters. The van der Waals surface area contributed by atoms with E-state index < -0.39 is 0 Å². The summed E-state index contributed by atoms with van der Waals surface area (Å²) < 4.78 is 0. The molecule has 3 rings (SSSR count). The Morgan fingerprint density at radius 1 is 1.33 bits per heavy atom. The fourth-order valence-corrected chi connectivity index (χ4v) is 2.53. The zero-order valence-corrected chi connectivity index (χ0v) is 11.1. The van der Waals surface area contributed by atoms with Crippen molar-refractivity contribution < 1.29 is 0 Å². The topological polar surface area (TPSA) is 24.9 Å². The van der Waals surface area contributed by atoms with Crippen molar-refractivity contribution in [3.8, 4) is 0 Å². The number of benzene rings is 1. The highest BCUT2D eigenvalue weighted by Gasteiger charge is 2.44. The van der Waals surface area contributed by atoms with Crippen LogP contribution in [0, 0.1) is 11.3 Å². The van der Waals surface area contributed by atoms with Gasteiger partial charge in [0.2, 0.25) is 0 Å². The van der Waals surface area contributed by atoms with Crippen LogP contribution in [-0.2, 0) is 6.54 Å². The zero-order chi connectivity index (χ0) is 12.6. The third-order valence-corrected chi connectivity index (χ3v) is 4.08. The summed E-state index contributed by atoms with van der Waals surface area (Å²) in [6, 6.07) is 10.5. The highest BCUT2D eigenvalue weighted by molar-refractivity contribution is 5.78. The average molecular weight is 240 g/mol. The van der Waals surface area contributed by atoms with Crippen molar-refractivity contribution in [1.82, 2.24) is 10.3 Å². The van der Waals surface area contributed by atoms with Crippen LogP contribution >= 0.6 is 0 Å². The van der Waals surface area contributed by atoms with Gasteiger partial charge in [-0.15, -0.1) is 0 Å². The van der Waals surface area contributed by atoms with Crippen LogP contribution in [0.25, 0.3) is 10.9 Å². The number of fused-ring (bicyclic) bond motifs is 1. The number of nitrogens with zero attached hydrogens (tertiary/aromatic N) is 1. The molecule has 1 aliphatic rings. The Kier molecular flexibility index (Phi) is 2.83. The van der Waals surface area contributed by atoms with Crippen molar-refractivity contribution in [2.75, 3.05) is 6.54 Å². The van der Waals surface area contributed by atoms with Crippen LogP contribution in [0.3, 0.4) is 0 Å². The number of pyridine rings is 1. The predicted molar refractivity (Wildman–Crippen MR) is 75.3 cm³/mol. The molecule has 2 nitrogen and oxygen atoms in total. The molecule has 1 fully saturated rings. The lowest BCUT2D eigenvalue weighted by molar-refractivity contribution is 0.519. The van der Waals surface area contributed by atoms with Gasteiger partial charge >= 0.3 is 0 Å². The fourth-order valence-electron chi connectivity index (χ4n) is 2.53. The van der Waals surface area contributed by atoms with Crippen molar-refractivity contribution in [2.24, 2.45) is 11.3 Å². The van der Waals surface area contributed by atoms with E-state index in [1.807, 2.05) is 12.3 Å². The third-order valence-electron chi connectivity index (χ3n) is 4.08. The standard InChI is InChI=1S/C16H20N2/c1-16(2)8-14(16)11-17-9-12-7-13-5-3-4-6-15(13)18-10-12/h3-7,10,14,17H,8-9,11H2,1-2H3. The number of nitrogens with one attached hydrogen (secondary N) is 1. The Morgan fingerprint density at radius 3 is 2.89 bits per heavy atom. The van der Waals surface area contributed by atoms with Gasteiger partial charge in [0.05, 0.1) is 5.52 Å². The van der Waals surface area contributed by atoms with Gasteiger partial charge in [0.15, 0.2) is 0 Å². The smallest absolute Gasteiger partial charge is 0.0702 e. The summed E-state index contributed by atoms with van der Waals surface area (Å²) in [5.74, 6) is 0.853. The third kappa shape index (κ3) is 2.39. The maximum atomic E-state index is 4.48. The minimum Gasteiger partial charge on any atom is -0.312 e. The number of para-hydroxylation sites is 1. The maximum absolute atomic E-state index is 4.48. The van der Waals surface area contributed by atoms with E-state index in [0.29, 0.717) is 5.41 Å². The predicted octanol–water partition coefficient (Wildman–Crippen LogP) is 3.37. The first kappa shape index (κ1) is 11.7. The molecule has 1 aliphatic carbocycles. The first-order chi connectivity index (χ1) is 8.65. The number of rotatable bonds is 4. The summed E-state index contributed by atoms with van der Waals surface area (Å²) in [6.45, 7) is 6.73. The molecule has 2 aromatic rings. The van der Waals surface area contributed by atoms with Crippen LogP contribution in [0.4, 0.5) is 0 Å². The van der Waals surface area contributed by atoms with E-state index in [1.54, 1.807) is 0 Å². The second-order valence-electron chi connectivity index (χ2n) is 6.06. The monoisotopic (exact) mass is 240 g/mol. The molecule has 1 heterocycles. The minimum absolute atomic E-state index is 0.564. The van der Waals surface area contributed by atoms with Gasteiger partial charge < -0.3 is 5.32 Å². The highest BCUT2D eigenvalue weighted by Crippen LogP contribution is 2.50. The lowest BCUT2D eigenvalue weighted by atomic mass is 10.1. The van der Waals surface area contributed by atoms with Gasteiger partial charge in [0.25, 0.3) is 0 Å². The number of hydrogen-bond donors (Lipinski definition) is 1. The Bertz CT molecular complexity index is 560. The molecule has 94 valence electrons. The minimum atomic E-state index is 0.564. The molecule has 0 amide bonds. The van der Waals surface area contributed by atoms with E-state index in [4.69, 9.17) is 0 Å². The Balaban J connectivity index is 1.61. The molecule has 0 radical (unpaired) electrons. The van der Waals surface area contributed by atoms with Gasteiger partial charge in [-0.1, -0.05) is 32.0 Å². The average Bonchev–Trinajstić information content (AvgIpc) is 2.97. The zero-order valence-electron chi connectivity index (χ0n) is 11.1. The van der Waals surface area contributed by atoms with E-state index in [2.05, 4.69) is 48.4 Å². The summed E-state index contributed by atoms with van der Waals surface area (Å²) in [7, 11) is 0. The first-order valence-corrected chi connectivity index (χ1v) is 6.69. The molecule has 1 unspecified atom stereocenters. The van der Waals surface area contributed by atoms with Crippen LogP contribution in [0.2, 0.25) is 0 Å². The molecule has 0 bridgehead atoms. The quantitative estimate of drug-likeness (QED) is 0.886. The lowest BCUT2D eigenvalue weighted by Gasteiger charge is -2.07. The largest absolute Gasteiger partial charge is 0.312 e. The molecule has 2 heteroatoms. The van der Waals surface area contributed by atoms with E-state index in [1.165, 1.54) is 17.4 Å². The lowest BCUT2D eigenvalue weighted by Crippen LogP contribution is -2.18. The van der Waals surface area contributed by atoms with Gasteiger partial charge in [-0.05, 0) is 42.0 Å². The van der Waals surface area contributed by atoms with Crippen LogP contribution in [-0.4, -0.2) is 11.5 Å². The molecule has 0 spiro atoms. The number of hydrogen-bond acceptors (Lipinski definition) is 2. The Morgan fingerprint density at radius 2 is 2.11 bits per heavy atom. The fraction of sp³-hybridized carbons (Fsp3) is 0.438. The molecule has 0 saturated heterocycles. The SMILES string of the molecule is CC1(C)CC1CNCc1cnc2ccccc2c1. The van der Waals surface area contributed by atoms with E-state index in [0.717, 1.165) is 24.5 Å². The second kappa shape index (κ2) is 4.36. The molecule has 1 saturated carbocycles. The van der Waals surface area contributed by atoms with Crippen molar-refractivity contribution in [1.29, 1.82) is 0 Å². The molecule has 1 aromatic heterocycles. The van der Waals surface area contributed by atoms with Crippen molar-refractivity contribution >= 4 is 10.9 Å². The van der Waals surface area contributed by atoms with Gasteiger partial charge in [-0.25, -0.2) is 0 Å². The van der Waals surface area contributed by atoms with E-state index in [-0.39, 0.29) is 0 Å². The maximum Gasteiger partial charge on any atom is 0.0702 e. The summed E-state index contributed by atoms with van der Waals surface area (Å²) in [6.07, 6.45) is 3.34. The van der Waals surface area contributed by atoms with Gasteiger partial charge in [0.1, 0.15) is 0 Å². The van der Waals surface area contributed by atoms with Crippen LogP contribution in [0.1, 0.15) is 25.8 Å². The van der Waals surface area contributed by atoms with E-state index >= 15 is 0 Å². The molecule has 1 N–H and O–H groups in total. The van der Waals surface area contributed by atoms with Crippen molar-refractivity contribution in [3.05, 3.63) is 42.1 Å². The second-order valence-corrected chi connectivity index (χ2v) is 6.06. The molecular weight excluding hydrogens is 220 g/mol. The van der Waals surface area contributed by atoms with Crippen LogP contribution in [0.15, 0.2) is 36.5 Å². The number of aromatic nitrogens is 1. The van der Waals surface area contributed by atoms with Crippen molar-refractivity contribution in [3.63, 3.8) is 0 Å². The summed E-state index contributed by atoms with van der Waals surface area (Å²) in [5, 5.41) is 4.77. The molecule has 1 aromatic carbocycles. The van der Waals surface area contributed by atoms with Crippen molar-refractivity contribution in [2.45, 2.75) is 26.8 Å². The summed E-state index contributed by atoms with van der Waals surface area (Å²) in [5.41, 5.74) is 2.91. The van der Waals surface area contributed by atoms with Crippen LogP contribution in [0.5, 0.6) is 0 Å². The van der Waals surface area contributed by atoms with Gasteiger partial charge in [-0.2, -0.15) is 0 Å². The summed E-state index contributed by atoms with van der Waals surface area (Å²) >= 11 is 0. The Hall–Kier alpha value is -1.41.